The number of allylic oxidation sites excluding steroid dienone is 3. The summed E-state index contributed by atoms with van der Waals surface area (Å²) in [5.41, 5.74) is 4.31. The van der Waals surface area contributed by atoms with Gasteiger partial charge >= 0.3 is 0 Å². The van der Waals surface area contributed by atoms with Crippen LogP contribution in [0.25, 0.3) is 0 Å². The minimum atomic E-state index is -0.0159. The van der Waals surface area contributed by atoms with E-state index in [2.05, 4.69) is 33.4 Å². The van der Waals surface area contributed by atoms with Crippen LogP contribution in [0.2, 0.25) is 0 Å². The molecule has 1 aromatic rings. The summed E-state index contributed by atoms with van der Waals surface area (Å²) in [5, 5.41) is 19.8. The molecule has 0 amide bonds. The van der Waals surface area contributed by atoms with Gasteiger partial charge in [0, 0.05) is 11.5 Å². The Kier molecular flexibility index (Phi) is 7.33. The smallest absolute Gasteiger partial charge is 0.174 e. The first-order valence-electron chi connectivity index (χ1n) is 9.66. The second kappa shape index (κ2) is 9.48. The molecule has 0 saturated heterocycles. The average Bonchev–Trinajstić information content (AvgIpc) is 2.59. The lowest BCUT2D eigenvalue weighted by atomic mass is 9.73. The van der Waals surface area contributed by atoms with E-state index in [0.717, 1.165) is 48.8 Å². The molecule has 1 unspecified atom stereocenters. The molecule has 0 spiro atoms. The largest absolute Gasteiger partial charge is 0.507 e. The summed E-state index contributed by atoms with van der Waals surface area (Å²) >= 11 is 0. The molecule has 3 heteroatoms. The molecule has 140 valence electrons. The van der Waals surface area contributed by atoms with Crippen molar-refractivity contribution in [2.75, 3.05) is 6.61 Å². The monoisotopic (exact) mass is 353 g/mol. The van der Waals surface area contributed by atoms with Gasteiger partial charge in [-0.15, -0.1) is 0 Å². The van der Waals surface area contributed by atoms with Crippen LogP contribution >= 0.6 is 0 Å². The SMILES string of the molecule is C=C(C)[C@@H]1CCC(C)=CC1c1c(O)cc(CCCCC)cc1OCC#N. The van der Waals surface area contributed by atoms with Crippen molar-refractivity contribution in [1.29, 1.82) is 5.26 Å². The number of unbranched alkanes of at least 4 members (excludes halogenated alkanes) is 2. The Bertz CT molecular complexity index is 712. The van der Waals surface area contributed by atoms with Crippen LogP contribution in [0.1, 0.15) is 69.9 Å². The number of phenolic OH excluding ortho intramolecular Hbond substituents is 1. The molecule has 0 aromatic heterocycles. The van der Waals surface area contributed by atoms with Crippen molar-refractivity contribution in [3.8, 4) is 17.6 Å². The fourth-order valence-electron chi connectivity index (χ4n) is 3.86. The van der Waals surface area contributed by atoms with Gasteiger partial charge in [-0.25, -0.2) is 0 Å². The van der Waals surface area contributed by atoms with Crippen LogP contribution in [0, 0.1) is 17.2 Å². The van der Waals surface area contributed by atoms with Gasteiger partial charge in [0.15, 0.2) is 6.61 Å². The minimum Gasteiger partial charge on any atom is -0.507 e. The van der Waals surface area contributed by atoms with Gasteiger partial charge in [0.25, 0.3) is 0 Å². The second-order valence-corrected chi connectivity index (χ2v) is 7.46. The van der Waals surface area contributed by atoms with Crippen LogP contribution in [0.4, 0.5) is 0 Å². The molecule has 1 aromatic carbocycles. The quantitative estimate of drug-likeness (QED) is 0.457. The standard InChI is InChI=1S/C23H31NO2/c1-5-6-7-8-18-14-21(25)23(22(15-18)26-12-11-24)20-13-17(4)9-10-19(20)16(2)3/h13-15,19-20,25H,2,5-10,12H2,1,3-4H3/t19-,20?/m0/s1. The topological polar surface area (TPSA) is 53.2 Å². The van der Waals surface area contributed by atoms with Gasteiger partial charge in [-0.3, -0.25) is 0 Å². The second-order valence-electron chi connectivity index (χ2n) is 7.46. The van der Waals surface area contributed by atoms with Gasteiger partial charge in [0.1, 0.15) is 17.6 Å². The third-order valence-corrected chi connectivity index (χ3v) is 5.25. The van der Waals surface area contributed by atoms with E-state index in [-0.39, 0.29) is 24.2 Å². The third kappa shape index (κ3) is 4.91. The van der Waals surface area contributed by atoms with Crippen LogP contribution in [0.5, 0.6) is 11.5 Å². The molecule has 3 nitrogen and oxygen atoms in total. The van der Waals surface area contributed by atoms with E-state index in [4.69, 9.17) is 10.00 Å². The molecule has 1 aliphatic carbocycles. The lowest BCUT2D eigenvalue weighted by molar-refractivity contribution is 0.348. The Morgan fingerprint density at radius 3 is 2.81 bits per heavy atom. The van der Waals surface area contributed by atoms with Crippen molar-refractivity contribution in [2.45, 2.75) is 65.2 Å². The van der Waals surface area contributed by atoms with E-state index in [0.29, 0.717) is 5.75 Å². The molecule has 0 heterocycles. The lowest BCUT2D eigenvalue weighted by Crippen LogP contribution is -2.18. The van der Waals surface area contributed by atoms with E-state index in [1.165, 1.54) is 12.0 Å². The molecular weight excluding hydrogens is 322 g/mol. The summed E-state index contributed by atoms with van der Waals surface area (Å²) in [6.45, 7) is 10.5. The average molecular weight is 354 g/mol. The number of ether oxygens (including phenoxy) is 1. The number of benzene rings is 1. The zero-order valence-electron chi connectivity index (χ0n) is 16.3. The van der Waals surface area contributed by atoms with Crippen molar-refractivity contribution in [2.24, 2.45) is 5.92 Å². The molecule has 1 aliphatic rings. The first kappa shape index (κ1) is 20.1. The highest BCUT2D eigenvalue weighted by molar-refractivity contribution is 5.52. The normalized spacial score (nSPS) is 19.5. The van der Waals surface area contributed by atoms with Crippen molar-refractivity contribution in [3.05, 3.63) is 47.1 Å². The van der Waals surface area contributed by atoms with Crippen LogP contribution < -0.4 is 4.74 Å². The molecule has 2 rings (SSSR count). The Morgan fingerprint density at radius 2 is 2.15 bits per heavy atom. The van der Waals surface area contributed by atoms with Gasteiger partial charge in [0.2, 0.25) is 0 Å². The minimum absolute atomic E-state index is 0.0159. The maximum absolute atomic E-state index is 10.8. The van der Waals surface area contributed by atoms with Gasteiger partial charge in [-0.05, 0) is 63.1 Å². The highest BCUT2D eigenvalue weighted by atomic mass is 16.5. The van der Waals surface area contributed by atoms with Crippen molar-refractivity contribution in [3.63, 3.8) is 0 Å². The predicted octanol–water partition coefficient (Wildman–Crippen LogP) is 6.04. The van der Waals surface area contributed by atoms with E-state index in [1.807, 2.05) is 18.2 Å². The summed E-state index contributed by atoms with van der Waals surface area (Å²) in [6.07, 6.45) is 8.63. The molecule has 0 bridgehead atoms. The zero-order chi connectivity index (χ0) is 19.1. The Labute approximate surface area is 158 Å². The van der Waals surface area contributed by atoms with E-state index in [9.17, 15) is 5.11 Å². The summed E-state index contributed by atoms with van der Waals surface area (Å²) in [4.78, 5) is 0. The first-order valence-corrected chi connectivity index (χ1v) is 9.66. The summed E-state index contributed by atoms with van der Waals surface area (Å²) in [6, 6.07) is 5.93. The maximum atomic E-state index is 10.8. The number of nitrogens with zero attached hydrogens (tertiary/aromatic N) is 1. The van der Waals surface area contributed by atoms with E-state index < -0.39 is 0 Å². The number of rotatable bonds is 8. The van der Waals surface area contributed by atoms with Crippen molar-refractivity contribution in [1.82, 2.24) is 0 Å². The van der Waals surface area contributed by atoms with Crippen LogP contribution in [-0.4, -0.2) is 11.7 Å². The lowest BCUT2D eigenvalue weighted by Gasteiger charge is -2.32. The Balaban J connectivity index is 2.45. The number of hydrogen-bond acceptors (Lipinski definition) is 3. The summed E-state index contributed by atoms with van der Waals surface area (Å²) in [7, 11) is 0. The number of aryl methyl sites for hydroxylation is 1. The first-order chi connectivity index (χ1) is 12.5. The van der Waals surface area contributed by atoms with Crippen LogP contribution in [-0.2, 0) is 6.42 Å². The predicted molar refractivity (Wildman–Crippen MR) is 106 cm³/mol. The van der Waals surface area contributed by atoms with E-state index in [1.54, 1.807) is 0 Å². The maximum Gasteiger partial charge on any atom is 0.174 e. The molecule has 1 N–H and O–H groups in total. The highest BCUT2D eigenvalue weighted by Crippen LogP contribution is 2.46. The molecular formula is C23H31NO2. The fraction of sp³-hybridized carbons (Fsp3) is 0.522. The van der Waals surface area contributed by atoms with Crippen molar-refractivity contribution >= 4 is 0 Å². The van der Waals surface area contributed by atoms with Crippen molar-refractivity contribution < 1.29 is 9.84 Å². The van der Waals surface area contributed by atoms with Crippen LogP contribution in [0.3, 0.4) is 0 Å². The molecule has 0 radical (unpaired) electrons. The number of aromatic hydroxyl groups is 1. The highest BCUT2D eigenvalue weighted by Gasteiger charge is 2.30. The Hall–Kier alpha value is -2.21. The summed E-state index contributed by atoms with van der Waals surface area (Å²) < 4.78 is 5.75. The number of phenols is 1. The molecule has 0 fully saturated rings. The third-order valence-electron chi connectivity index (χ3n) is 5.25. The Morgan fingerprint density at radius 1 is 1.38 bits per heavy atom. The molecule has 26 heavy (non-hydrogen) atoms. The van der Waals surface area contributed by atoms with E-state index >= 15 is 0 Å². The summed E-state index contributed by atoms with van der Waals surface area (Å²) in [5.74, 6) is 1.23. The number of nitriles is 1. The molecule has 0 saturated carbocycles. The van der Waals surface area contributed by atoms with Gasteiger partial charge < -0.3 is 9.84 Å². The van der Waals surface area contributed by atoms with Gasteiger partial charge in [-0.2, -0.15) is 5.26 Å². The molecule has 0 aliphatic heterocycles. The van der Waals surface area contributed by atoms with Gasteiger partial charge in [-0.1, -0.05) is 43.6 Å². The zero-order valence-corrected chi connectivity index (χ0v) is 16.3. The molecule has 2 atom stereocenters. The van der Waals surface area contributed by atoms with Gasteiger partial charge in [0.05, 0.1) is 0 Å². The fourth-order valence-corrected chi connectivity index (χ4v) is 3.86. The number of hydrogen-bond donors (Lipinski definition) is 1. The van der Waals surface area contributed by atoms with Crippen LogP contribution in [0.15, 0.2) is 35.9 Å².